The van der Waals surface area contributed by atoms with Gasteiger partial charge in [-0.3, -0.25) is 14.2 Å². The number of thiazole rings is 1. The fourth-order valence-corrected chi connectivity index (χ4v) is 5.14. The highest BCUT2D eigenvalue weighted by molar-refractivity contribution is 7.07. The first kappa shape index (κ1) is 21.8. The molecule has 168 valence electrons. The fourth-order valence-electron chi connectivity index (χ4n) is 4.10. The first-order chi connectivity index (χ1) is 16.5. The van der Waals surface area contributed by atoms with Crippen molar-refractivity contribution in [3.63, 3.8) is 0 Å². The summed E-state index contributed by atoms with van der Waals surface area (Å²) in [5.41, 5.74) is 4.57. The Morgan fingerprint density at radius 2 is 1.59 bits per heavy atom. The molecule has 0 saturated carbocycles. The summed E-state index contributed by atoms with van der Waals surface area (Å²) in [6.07, 6.45) is 1.88. The van der Waals surface area contributed by atoms with E-state index in [-0.39, 0.29) is 11.5 Å². The molecule has 0 radical (unpaired) electrons. The molecule has 0 saturated heterocycles. The molecule has 0 fully saturated rings. The molecule has 1 amide bonds. The molecule has 1 atom stereocenters. The van der Waals surface area contributed by atoms with Gasteiger partial charge in [-0.2, -0.15) is 0 Å². The number of hydrogen-bond acceptors (Lipinski definition) is 4. The van der Waals surface area contributed by atoms with E-state index >= 15 is 0 Å². The number of anilines is 1. The van der Waals surface area contributed by atoms with Crippen molar-refractivity contribution < 1.29 is 4.79 Å². The van der Waals surface area contributed by atoms with Gasteiger partial charge in [-0.05, 0) is 43.2 Å². The van der Waals surface area contributed by atoms with Crippen molar-refractivity contribution in [3.05, 3.63) is 133 Å². The van der Waals surface area contributed by atoms with Crippen LogP contribution in [0.15, 0.2) is 106 Å². The van der Waals surface area contributed by atoms with Gasteiger partial charge in [0.25, 0.3) is 11.5 Å². The molecule has 34 heavy (non-hydrogen) atoms. The van der Waals surface area contributed by atoms with Crippen LogP contribution in [0.4, 0.5) is 5.69 Å². The summed E-state index contributed by atoms with van der Waals surface area (Å²) in [6.45, 7) is 3.86. The van der Waals surface area contributed by atoms with Crippen LogP contribution in [0.1, 0.15) is 29.7 Å². The lowest BCUT2D eigenvalue weighted by atomic mass is 9.95. The summed E-state index contributed by atoms with van der Waals surface area (Å²) in [6, 6.07) is 26.4. The second-order valence-electron chi connectivity index (χ2n) is 8.22. The van der Waals surface area contributed by atoms with Gasteiger partial charge < -0.3 is 5.32 Å². The largest absolute Gasteiger partial charge is 0.322 e. The van der Waals surface area contributed by atoms with Crippen LogP contribution < -0.4 is 20.2 Å². The number of hydrogen-bond donors (Lipinski definition) is 1. The van der Waals surface area contributed by atoms with E-state index in [4.69, 9.17) is 0 Å². The number of allylic oxidation sites excluding steroid dienone is 1. The Kier molecular flexibility index (Phi) is 5.82. The van der Waals surface area contributed by atoms with Crippen molar-refractivity contribution in [3.8, 4) is 0 Å². The number of nitrogens with one attached hydrogen (secondary N) is 1. The highest BCUT2D eigenvalue weighted by Crippen LogP contribution is 2.30. The van der Waals surface area contributed by atoms with E-state index in [0.29, 0.717) is 26.3 Å². The van der Waals surface area contributed by atoms with Crippen LogP contribution in [0.2, 0.25) is 0 Å². The van der Waals surface area contributed by atoms with Crippen molar-refractivity contribution in [2.24, 2.45) is 4.99 Å². The third kappa shape index (κ3) is 4.16. The van der Waals surface area contributed by atoms with E-state index in [2.05, 4.69) is 10.3 Å². The standard InChI is InChI=1S/C28H23N3O2S/c1-18-13-15-20(16-14-18)17-23-27(33)31-25(21-9-5-3-6-10-21)24(19(2)29-28(31)34-23)26(32)30-22-11-7-4-8-12-22/h3-17,25H,1-2H3,(H,30,32)/b23-17-/t25-/m1/s1. The molecule has 0 aliphatic carbocycles. The summed E-state index contributed by atoms with van der Waals surface area (Å²) >= 11 is 1.34. The second-order valence-corrected chi connectivity index (χ2v) is 9.23. The molecule has 5 nitrogen and oxygen atoms in total. The molecular weight excluding hydrogens is 442 g/mol. The lowest BCUT2D eigenvalue weighted by Crippen LogP contribution is -2.40. The molecule has 0 unspecified atom stereocenters. The number of fused-ring (bicyclic) bond motifs is 1. The number of aromatic nitrogens is 1. The molecule has 1 N–H and O–H groups in total. The van der Waals surface area contributed by atoms with Crippen molar-refractivity contribution in [2.75, 3.05) is 5.32 Å². The van der Waals surface area contributed by atoms with Gasteiger partial charge in [0, 0.05) is 5.69 Å². The molecule has 4 aromatic rings. The molecule has 1 aliphatic rings. The van der Waals surface area contributed by atoms with Crippen LogP contribution >= 0.6 is 11.3 Å². The summed E-state index contributed by atoms with van der Waals surface area (Å²) < 4.78 is 2.23. The number of aryl methyl sites for hydroxylation is 1. The van der Waals surface area contributed by atoms with Gasteiger partial charge in [-0.1, -0.05) is 89.7 Å². The van der Waals surface area contributed by atoms with E-state index < -0.39 is 6.04 Å². The molecule has 3 aromatic carbocycles. The van der Waals surface area contributed by atoms with Crippen molar-refractivity contribution in [1.82, 2.24) is 4.57 Å². The van der Waals surface area contributed by atoms with Gasteiger partial charge in [-0.15, -0.1) is 0 Å². The fraction of sp³-hybridized carbons (Fsp3) is 0.107. The van der Waals surface area contributed by atoms with Gasteiger partial charge in [0.05, 0.1) is 21.8 Å². The zero-order valence-corrected chi connectivity index (χ0v) is 19.7. The highest BCUT2D eigenvalue weighted by atomic mass is 32.1. The van der Waals surface area contributed by atoms with Gasteiger partial charge >= 0.3 is 0 Å². The molecule has 0 bridgehead atoms. The molecule has 1 aliphatic heterocycles. The maximum Gasteiger partial charge on any atom is 0.271 e. The number of nitrogens with zero attached hydrogens (tertiary/aromatic N) is 2. The lowest BCUT2D eigenvalue weighted by Gasteiger charge is -2.25. The first-order valence-electron chi connectivity index (χ1n) is 11.0. The minimum Gasteiger partial charge on any atom is -0.322 e. The van der Waals surface area contributed by atoms with Gasteiger partial charge in [-0.25, -0.2) is 4.99 Å². The Bertz CT molecular complexity index is 1560. The molecule has 0 spiro atoms. The maximum absolute atomic E-state index is 13.6. The normalized spacial score (nSPS) is 15.6. The Balaban J connectivity index is 1.66. The summed E-state index contributed by atoms with van der Waals surface area (Å²) in [4.78, 5) is 32.4. The van der Waals surface area contributed by atoms with Gasteiger partial charge in [0.1, 0.15) is 0 Å². The van der Waals surface area contributed by atoms with Crippen LogP contribution in [0.5, 0.6) is 0 Å². The van der Waals surface area contributed by atoms with E-state index in [9.17, 15) is 9.59 Å². The first-order valence-corrected chi connectivity index (χ1v) is 11.8. The van der Waals surface area contributed by atoms with E-state index in [1.54, 1.807) is 4.57 Å². The van der Waals surface area contributed by atoms with Gasteiger partial charge in [0.15, 0.2) is 4.80 Å². The quantitative estimate of drug-likeness (QED) is 0.491. The van der Waals surface area contributed by atoms with Crippen molar-refractivity contribution in [1.29, 1.82) is 0 Å². The molecule has 2 heterocycles. The predicted molar refractivity (Wildman–Crippen MR) is 136 cm³/mol. The number of para-hydroxylation sites is 1. The minimum atomic E-state index is -0.568. The van der Waals surface area contributed by atoms with E-state index in [1.807, 2.05) is 105 Å². The zero-order chi connectivity index (χ0) is 23.7. The Hall–Kier alpha value is -4.03. The number of carbonyl (C=O) groups is 1. The number of amides is 1. The Morgan fingerprint density at radius 3 is 2.26 bits per heavy atom. The topological polar surface area (TPSA) is 63.5 Å². The van der Waals surface area contributed by atoms with Crippen LogP contribution in [0.25, 0.3) is 6.08 Å². The van der Waals surface area contributed by atoms with Crippen LogP contribution in [0, 0.1) is 6.92 Å². The lowest BCUT2D eigenvalue weighted by molar-refractivity contribution is -0.113. The zero-order valence-electron chi connectivity index (χ0n) is 18.9. The molecule has 1 aromatic heterocycles. The number of benzene rings is 3. The summed E-state index contributed by atoms with van der Waals surface area (Å²) in [5, 5.41) is 2.97. The Labute approximate surface area is 201 Å². The summed E-state index contributed by atoms with van der Waals surface area (Å²) in [7, 11) is 0. The molecule has 6 heteroatoms. The average molecular weight is 466 g/mol. The smallest absolute Gasteiger partial charge is 0.271 e. The number of rotatable bonds is 4. The average Bonchev–Trinajstić information content (AvgIpc) is 3.15. The Morgan fingerprint density at radius 1 is 0.941 bits per heavy atom. The third-order valence-corrected chi connectivity index (χ3v) is 6.77. The van der Waals surface area contributed by atoms with Crippen LogP contribution in [-0.4, -0.2) is 10.5 Å². The summed E-state index contributed by atoms with van der Waals surface area (Å²) in [5.74, 6) is -0.269. The van der Waals surface area contributed by atoms with Crippen LogP contribution in [0.3, 0.4) is 0 Å². The highest BCUT2D eigenvalue weighted by Gasteiger charge is 2.32. The molecule has 5 rings (SSSR count). The SMILES string of the molecule is CC1=C(C(=O)Nc2ccccc2)[C@@H](c2ccccc2)n2c(s/c(=C\c3ccc(C)cc3)c2=O)=N1. The third-order valence-electron chi connectivity index (χ3n) is 5.79. The molecular formula is C28H23N3O2S. The second kappa shape index (κ2) is 9.08. The van der Waals surface area contributed by atoms with Gasteiger partial charge in [0.2, 0.25) is 0 Å². The predicted octanol–water partition coefficient (Wildman–Crippen LogP) is 4.18. The van der Waals surface area contributed by atoms with E-state index in [0.717, 1.165) is 16.7 Å². The van der Waals surface area contributed by atoms with Crippen molar-refractivity contribution in [2.45, 2.75) is 19.9 Å². The van der Waals surface area contributed by atoms with Crippen molar-refractivity contribution >= 4 is 29.0 Å². The van der Waals surface area contributed by atoms with E-state index in [1.165, 1.54) is 11.3 Å². The minimum absolute atomic E-state index is 0.157. The maximum atomic E-state index is 13.6. The number of carbonyl (C=O) groups excluding carboxylic acids is 1. The monoisotopic (exact) mass is 465 g/mol. The van der Waals surface area contributed by atoms with Crippen LogP contribution in [-0.2, 0) is 4.79 Å².